The van der Waals surface area contributed by atoms with Gasteiger partial charge in [-0.15, -0.1) is 0 Å². The van der Waals surface area contributed by atoms with Crippen LogP contribution in [0.4, 0.5) is 0 Å². The average molecular weight is 293 g/mol. The molecule has 1 aromatic carbocycles. The van der Waals surface area contributed by atoms with Gasteiger partial charge in [-0.2, -0.15) is 0 Å². The molecule has 0 saturated carbocycles. The molecule has 0 unspecified atom stereocenters. The van der Waals surface area contributed by atoms with Crippen molar-refractivity contribution in [2.24, 2.45) is 4.99 Å². The summed E-state index contributed by atoms with van der Waals surface area (Å²) in [4.78, 5) is 4.15. The summed E-state index contributed by atoms with van der Waals surface area (Å²) in [5, 5.41) is 6.46. The van der Waals surface area contributed by atoms with Crippen LogP contribution in [0.1, 0.15) is 19.8 Å². The molecule has 0 spiro atoms. The van der Waals surface area contributed by atoms with Crippen LogP contribution in [0.2, 0.25) is 0 Å². The topological polar surface area (TPSA) is 64.1 Å². The third-order valence-electron chi connectivity index (χ3n) is 3.05. The molecular formula is C15H23N3O3. The zero-order valence-electron chi connectivity index (χ0n) is 12.6. The normalized spacial score (nSPS) is 13.1. The van der Waals surface area contributed by atoms with E-state index in [9.17, 15) is 0 Å². The molecule has 6 heteroatoms. The number of ether oxygens (including phenoxy) is 3. The predicted octanol–water partition coefficient (Wildman–Crippen LogP) is 1.76. The van der Waals surface area contributed by atoms with E-state index >= 15 is 0 Å². The highest BCUT2D eigenvalue weighted by molar-refractivity contribution is 5.79. The van der Waals surface area contributed by atoms with Gasteiger partial charge in [0.25, 0.3) is 0 Å². The lowest BCUT2D eigenvalue weighted by Gasteiger charge is -2.12. The number of benzene rings is 1. The van der Waals surface area contributed by atoms with Crippen molar-refractivity contribution in [1.82, 2.24) is 10.6 Å². The van der Waals surface area contributed by atoms with Gasteiger partial charge in [-0.25, -0.2) is 0 Å². The van der Waals surface area contributed by atoms with Crippen LogP contribution in [0.15, 0.2) is 23.2 Å². The van der Waals surface area contributed by atoms with E-state index in [1.807, 2.05) is 18.2 Å². The van der Waals surface area contributed by atoms with Gasteiger partial charge in [0.2, 0.25) is 6.79 Å². The first kappa shape index (κ1) is 15.3. The van der Waals surface area contributed by atoms with E-state index in [2.05, 4.69) is 22.5 Å². The van der Waals surface area contributed by atoms with E-state index in [0.29, 0.717) is 13.2 Å². The first-order valence-corrected chi connectivity index (χ1v) is 7.30. The lowest BCUT2D eigenvalue weighted by atomic mass is 10.3. The van der Waals surface area contributed by atoms with Crippen LogP contribution in [0.3, 0.4) is 0 Å². The molecule has 1 aliphatic heterocycles. The Morgan fingerprint density at radius 2 is 2.05 bits per heavy atom. The summed E-state index contributed by atoms with van der Waals surface area (Å²) in [6, 6.07) is 5.58. The van der Waals surface area contributed by atoms with Crippen LogP contribution in [-0.4, -0.2) is 39.5 Å². The maximum atomic E-state index is 5.67. The van der Waals surface area contributed by atoms with Crippen LogP contribution in [0.5, 0.6) is 17.2 Å². The molecule has 1 heterocycles. The summed E-state index contributed by atoms with van der Waals surface area (Å²) in [7, 11) is 1.76. The first-order valence-electron chi connectivity index (χ1n) is 7.30. The maximum absolute atomic E-state index is 5.67. The molecule has 2 rings (SSSR count). The van der Waals surface area contributed by atoms with Gasteiger partial charge < -0.3 is 24.8 Å². The third kappa shape index (κ3) is 4.73. The van der Waals surface area contributed by atoms with Crippen LogP contribution in [0, 0.1) is 0 Å². The first-order chi connectivity index (χ1) is 10.3. The lowest BCUT2D eigenvalue weighted by Crippen LogP contribution is -2.39. The van der Waals surface area contributed by atoms with Gasteiger partial charge in [0, 0.05) is 19.7 Å². The number of fused-ring (bicyclic) bond motifs is 1. The lowest BCUT2D eigenvalue weighted by molar-refractivity contribution is 0.173. The molecule has 0 radical (unpaired) electrons. The molecule has 6 nitrogen and oxygen atoms in total. The molecular weight excluding hydrogens is 270 g/mol. The Morgan fingerprint density at radius 3 is 2.86 bits per heavy atom. The molecule has 21 heavy (non-hydrogen) atoms. The summed E-state index contributed by atoms with van der Waals surface area (Å²) in [6.07, 6.45) is 2.30. The molecule has 1 aliphatic rings. The van der Waals surface area contributed by atoms with E-state index < -0.39 is 0 Å². The summed E-state index contributed by atoms with van der Waals surface area (Å²) < 4.78 is 16.2. The molecule has 0 fully saturated rings. The van der Waals surface area contributed by atoms with E-state index in [1.54, 1.807) is 7.05 Å². The molecule has 0 atom stereocenters. The molecule has 1 aromatic rings. The molecule has 0 saturated heterocycles. The molecule has 2 N–H and O–H groups in total. The van der Waals surface area contributed by atoms with Gasteiger partial charge in [-0.1, -0.05) is 13.3 Å². The highest BCUT2D eigenvalue weighted by atomic mass is 16.7. The minimum atomic E-state index is 0.278. The number of guanidine groups is 1. The second-order valence-corrected chi connectivity index (χ2v) is 4.64. The van der Waals surface area contributed by atoms with Crippen molar-refractivity contribution in [2.45, 2.75) is 19.8 Å². The average Bonchev–Trinajstić information content (AvgIpc) is 2.97. The summed E-state index contributed by atoms with van der Waals surface area (Å²) in [6.45, 7) is 4.60. The van der Waals surface area contributed by atoms with Crippen LogP contribution >= 0.6 is 0 Å². The van der Waals surface area contributed by atoms with E-state index in [-0.39, 0.29) is 6.79 Å². The number of nitrogens with zero attached hydrogens (tertiary/aromatic N) is 1. The molecule has 116 valence electrons. The van der Waals surface area contributed by atoms with Crippen LogP contribution in [-0.2, 0) is 0 Å². The SMILES string of the molecule is CCCCNC(=NC)NCCOc1ccc2c(c1)OCO2. The fourth-order valence-corrected chi connectivity index (χ4v) is 1.91. The Morgan fingerprint density at radius 1 is 1.24 bits per heavy atom. The van der Waals surface area contributed by atoms with Gasteiger partial charge in [0.05, 0.1) is 6.54 Å². The van der Waals surface area contributed by atoms with Crippen LogP contribution in [0.25, 0.3) is 0 Å². The fraction of sp³-hybridized carbons (Fsp3) is 0.533. The molecule has 0 aromatic heterocycles. The maximum Gasteiger partial charge on any atom is 0.231 e. The Kier molecular flexibility index (Phi) is 5.99. The second-order valence-electron chi connectivity index (χ2n) is 4.64. The van der Waals surface area contributed by atoms with Crippen molar-refractivity contribution < 1.29 is 14.2 Å². The zero-order valence-corrected chi connectivity index (χ0v) is 12.6. The minimum absolute atomic E-state index is 0.278. The van der Waals surface area contributed by atoms with Gasteiger partial charge in [-0.3, -0.25) is 4.99 Å². The largest absolute Gasteiger partial charge is 0.492 e. The molecule has 0 amide bonds. The summed E-state index contributed by atoms with van der Waals surface area (Å²) >= 11 is 0. The number of hydrogen-bond acceptors (Lipinski definition) is 4. The molecule has 0 aliphatic carbocycles. The minimum Gasteiger partial charge on any atom is -0.492 e. The van der Waals surface area contributed by atoms with Crippen molar-refractivity contribution in [3.8, 4) is 17.2 Å². The zero-order chi connectivity index (χ0) is 14.9. The monoisotopic (exact) mass is 293 g/mol. The fourth-order valence-electron chi connectivity index (χ4n) is 1.91. The molecule has 0 bridgehead atoms. The van der Waals surface area contributed by atoms with Gasteiger partial charge in [0.1, 0.15) is 12.4 Å². The van der Waals surface area contributed by atoms with Crippen molar-refractivity contribution in [2.75, 3.05) is 33.5 Å². The Labute approximate surface area is 125 Å². The van der Waals surface area contributed by atoms with Gasteiger partial charge >= 0.3 is 0 Å². The highest BCUT2D eigenvalue weighted by Gasteiger charge is 2.13. The summed E-state index contributed by atoms with van der Waals surface area (Å²) in [5.74, 6) is 3.08. The van der Waals surface area contributed by atoms with Crippen molar-refractivity contribution in [1.29, 1.82) is 0 Å². The number of unbranched alkanes of at least 4 members (excludes halogenated alkanes) is 1. The third-order valence-corrected chi connectivity index (χ3v) is 3.05. The van der Waals surface area contributed by atoms with E-state index in [1.165, 1.54) is 0 Å². The van der Waals surface area contributed by atoms with Crippen molar-refractivity contribution in [3.05, 3.63) is 18.2 Å². The number of aliphatic imine (C=N–C) groups is 1. The Hall–Kier alpha value is -2.11. The van der Waals surface area contributed by atoms with E-state index in [0.717, 1.165) is 42.6 Å². The summed E-state index contributed by atoms with van der Waals surface area (Å²) in [5.41, 5.74) is 0. The Balaban J connectivity index is 1.67. The van der Waals surface area contributed by atoms with E-state index in [4.69, 9.17) is 14.2 Å². The van der Waals surface area contributed by atoms with Crippen molar-refractivity contribution >= 4 is 5.96 Å². The number of nitrogens with one attached hydrogen (secondary N) is 2. The Bertz CT molecular complexity index is 477. The predicted molar refractivity (Wildman–Crippen MR) is 82.3 cm³/mol. The number of hydrogen-bond donors (Lipinski definition) is 2. The van der Waals surface area contributed by atoms with Gasteiger partial charge in [-0.05, 0) is 18.6 Å². The number of rotatable bonds is 7. The van der Waals surface area contributed by atoms with Crippen molar-refractivity contribution in [3.63, 3.8) is 0 Å². The van der Waals surface area contributed by atoms with Gasteiger partial charge in [0.15, 0.2) is 17.5 Å². The van der Waals surface area contributed by atoms with Crippen LogP contribution < -0.4 is 24.8 Å². The smallest absolute Gasteiger partial charge is 0.231 e. The quantitative estimate of drug-likeness (QED) is 0.455. The second kappa shape index (κ2) is 8.24. The standard InChI is InChI=1S/C15H23N3O3/c1-3-4-7-17-15(16-2)18-8-9-19-12-5-6-13-14(10-12)21-11-20-13/h5-6,10H,3-4,7-9,11H2,1-2H3,(H2,16,17,18). The highest BCUT2D eigenvalue weighted by Crippen LogP contribution is 2.34.